The lowest BCUT2D eigenvalue weighted by molar-refractivity contribution is 1.14. The number of hydrogen-bond donors (Lipinski definition) is 1. The van der Waals surface area contributed by atoms with Crippen LogP contribution in [0.2, 0.25) is 5.15 Å². The summed E-state index contributed by atoms with van der Waals surface area (Å²) >= 11 is 5.72. The molecule has 7 heteroatoms. The van der Waals surface area contributed by atoms with Gasteiger partial charge in [0.25, 0.3) is 0 Å². The number of amidine groups is 1. The highest BCUT2D eigenvalue weighted by molar-refractivity contribution is 6.29. The lowest BCUT2D eigenvalue weighted by Gasteiger charge is -1.99. The van der Waals surface area contributed by atoms with E-state index in [0.717, 1.165) is 5.56 Å². The Morgan fingerprint density at radius 2 is 2.05 bits per heavy atom. The van der Waals surface area contributed by atoms with Gasteiger partial charge in [-0.25, -0.2) is 4.98 Å². The lowest BCUT2D eigenvalue weighted by atomic mass is 10.2. The van der Waals surface area contributed by atoms with E-state index >= 15 is 0 Å². The van der Waals surface area contributed by atoms with Gasteiger partial charge in [-0.3, -0.25) is 9.97 Å². The summed E-state index contributed by atoms with van der Waals surface area (Å²) in [5.41, 5.74) is 7.71. The van der Waals surface area contributed by atoms with Crippen LogP contribution in [0.1, 0.15) is 18.2 Å². The van der Waals surface area contributed by atoms with Crippen molar-refractivity contribution < 1.29 is 0 Å². The maximum absolute atomic E-state index is 5.76. The summed E-state index contributed by atoms with van der Waals surface area (Å²) < 4.78 is 0. The number of aromatic nitrogens is 3. The second-order valence-electron chi connectivity index (χ2n) is 3.64. The largest absolute Gasteiger partial charge is 0.380 e. The van der Waals surface area contributed by atoms with E-state index < -0.39 is 0 Å². The molecule has 6 nitrogen and oxygen atoms in total. The first-order chi connectivity index (χ1) is 9.16. The Hall–Kier alpha value is -2.34. The van der Waals surface area contributed by atoms with Gasteiger partial charge in [-0.05, 0) is 13.0 Å². The molecule has 2 heterocycles. The van der Waals surface area contributed by atoms with Crippen molar-refractivity contribution in [3.8, 4) is 0 Å². The molecule has 2 aromatic rings. The highest BCUT2D eigenvalue weighted by atomic mass is 35.5. The summed E-state index contributed by atoms with van der Waals surface area (Å²) in [6.45, 7) is 1.82. The van der Waals surface area contributed by atoms with Crippen molar-refractivity contribution in [2.24, 2.45) is 15.9 Å². The molecule has 0 aliphatic carbocycles. The molecule has 0 bridgehead atoms. The summed E-state index contributed by atoms with van der Waals surface area (Å²) in [6.07, 6.45) is 6.28. The average Bonchev–Trinajstić information content (AvgIpc) is 2.45. The van der Waals surface area contributed by atoms with Crippen LogP contribution < -0.4 is 5.73 Å². The zero-order valence-electron chi connectivity index (χ0n) is 10.2. The van der Waals surface area contributed by atoms with Crippen molar-refractivity contribution >= 4 is 23.1 Å². The van der Waals surface area contributed by atoms with Gasteiger partial charge in [-0.1, -0.05) is 17.7 Å². The minimum atomic E-state index is 0.151. The first-order valence-corrected chi connectivity index (χ1v) is 5.80. The van der Waals surface area contributed by atoms with E-state index in [1.807, 2.05) is 19.1 Å². The molecule has 0 amide bonds. The Morgan fingerprint density at radius 3 is 2.74 bits per heavy atom. The monoisotopic (exact) mass is 274 g/mol. The highest BCUT2D eigenvalue weighted by Gasteiger charge is 2.02. The third-order valence-electron chi connectivity index (χ3n) is 2.25. The first-order valence-electron chi connectivity index (χ1n) is 5.43. The Balaban J connectivity index is 2.22. The fourth-order valence-electron chi connectivity index (χ4n) is 1.28. The van der Waals surface area contributed by atoms with Gasteiger partial charge in [0.15, 0.2) is 5.84 Å². The third kappa shape index (κ3) is 3.56. The van der Waals surface area contributed by atoms with Gasteiger partial charge < -0.3 is 5.73 Å². The molecule has 0 saturated heterocycles. The van der Waals surface area contributed by atoms with Crippen LogP contribution >= 0.6 is 11.6 Å². The van der Waals surface area contributed by atoms with E-state index in [1.165, 1.54) is 12.4 Å². The van der Waals surface area contributed by atoms with E-state index in [9.17, 15) is 0 Å². The van der Waals surface area contributed by atoms with Crippen LogP contribution in [0, 0.1) is 0 Å². The number of nitrogens with zero attached hydrogens (tertiary/aromatic N) is 5. The van der Waals surface area contributed by atoms with E-state index in [2.05, 4.69) is 25.2 Å². The van der Waals surface area contributed by atoms with E-state index in [-0.39, 0.29) is 11.0 Å². The number of halogens is 1. The van der Waals surface area contributed by atoms with E-state index in [0.29, 0.717) is 11.4 Å². The van der Waals surface area contributed by atoms with Crippen molar-refractivity contribution in [1.29, 1.82) is 0 Å². The highest BCUT2D eigenvalue weighted by Crippen LogP contribution is 2.03. The molecule has 0 unspecified atom stereocenters. The van der Waals surface area contributed by atoms with Gasteiger partial charge in [-0.15, -0.1) is 5.10 Å². The minimum Gasteiger partial charge on any atom is -0.380 e. The minimum absolute atomic E-state index is 0.151. The van der Waals surface area contributed by atoms with Crippen molar-refractivity contribution in [2.75, 3.05) is 0 Å². The molecule has 0 aliphatic rings. The van der Waals surface area contributed by atoms with Gasteiger partial charge in [0.2, 0.25) is 0 Å². The van der Waals surface area contributed by atoms with Crippen LogP contribution in [0.5, 0.6) is 0 Å². The smallest absolute Gasteiger partial charge is 0.173 e. The molecular formula is C12H11ClN6. The third-order valence-corrected chi connectivity index (χ3v) is 2.44. The molecule has 0 fully saturated rings. The molecule has 2 aromatic heterocycles. The second-order valence-corrected chi connectivity index (χ2v) is 4.03. The Morgan fingerprint density at radius 1 is 1.21 bits per heavy atom. The van der Waals surface area contributed by atoms with Crippen LogP contribution in [0.15, 0.2) is 47.1 Å². The van der Waals surface area contributed by atoms with Crippen LogP contribution in [-0.4, -0.2) is 26.5 Å². The zero-order chi connectivity index (χ0) is 13.7. The molecule has 19 heavy (non-hydrogen) atoms. The van der Waals surface area contributed by atoms with Crippen LogP contribution in [0.25, 0.3) is 0 Å². The Kier molecular flexibility index (Phi) is 4.15. The summed E-state index contributed by atoms with van der Waals surface area (Å²) in [4.78, 5) is 11.9. The molecule has 0 atom stereocenters. The molecule has 0 radical (unpaired) electrons. The van der Waals surface area contributed by atoms with Crippen molar-refractivity contribution in [3.63, 3.8) is 0 Å². The van der Waals surface area contributed by atoms with Crippen LogP contribution in [-0.2, 0) is 0 Å². The molecule has 2 N–H and O–H groups in total. The molecule has 0 spiro atoms. The maximum atomic E-state index is 5.76. The number of hydrogen-bond acceptors (Lipinski definition) is 5. The number of pyridine rings is 1. The van der Waals surface area contributed by atoms with Gasteiger partial charge in [0.1, 0.15) is 10.8 Å². The van der Waals surface area contributed by atoms with Gasteiger partial charge in [-0.2, -0.15) is 5.10 Å². The van der Waals surface area contributed by atoms with Crippen LogP contribution in [0.4, 0.5) is 0 Å². The molecule has 0 aliphatic heterocycles. The number of nitrogens with two attached hydrogens (primary N) is 1. The predicted molar refractivity (Wildman–Crippen MR) is 74.2 cm³/mol. The Labute approximate surface area is 115 Å². The van der Waals surface area contributed by atoms with Gasteiger partial charge in [0, 0.05) is 18.0 Å². The quantitative estimate of drug-likeness (QED) is 0.523. The SMILES string of the molecule is C/C(=N\N=C(/N)c1cncc(Cl)n1)c1cccnc1. The average molecular weight is 275 g/mol. The lowest BCUT2D eigenvalue weighted by Crippen LogP contribution is -2.15. The normalized spacial score (nSPS) is 12.5. The molecule has 2 rings (SSSR count). The topological polar surface area (TPSA) is 89.4 Å². The number of rotatable bonds is 3. The summed E-state index contributed by atoms with van der Waals surface area (Å²) in [6, 6.07) is 3.71. The maximum Gasteiger partial charge on any atom is 0.173 e. The fraction of sp³-hybridized carbons (Fsp3) is 0.0833. The van der Waals surface area contributed by atoms with E-state index in [1.54, 1.807) is 12.4 Å². The molecule has 0 aromatic carbocycles. The van der Waals surface area contributed by atoms with Gasteiger partial charge in [0.05, 0.1) is 18.1 Å². The Bertz CT molecular complexity index is 623. The van der Waals surface area contributed by atoms with Crippen molar-refractivity contribution in [3.05, 3.63) is 53.3 Å². The van der Waals surface area contributed by atoms with Crippen molar-refractivity contribution in [1.82, 2.24) is 15.0 Å². The van der Waals surface area contributed by atoms with Crippen LogP contribution in [0.3, 0.4) is 0 Å². The summed E-state index contributed by atoms with van der Waals surface area (Å²) in [7, 11) is 0. The predicted octanol–water partition coefficient (Wildman–Crippen LogP) is 1.65. The zero-order valence-corrected chi connectivity index (χ0v) is 10.9. The standard InChI is InChI=1S/C12H11ClN6/c1-8(9-3-2-4-15-5-9)18-19-12(14)10-6-16-7-11(13)17-10/h2-7H,1H3,(H2,14,19)/b18-8+. The molecule has 96 valence electrons. The van der Waals surface area contributed by atoms with E-state index in [4.69, 9.17) is 17.3 Å². The van der Waals surface area contributed by atoms with Gasteiger partial charge >= 0.3 is 0 Å². The first kappa shape index (κ1) is 13.1. The summed E-state index contributed by atoms with van der Waals surface area (Å²) in [5.74, 6) is 0.151. The van der Waals surface area contributed by atoms with Crippen molar-refractivity contribution in [2.45, 2.75) is 6.92 Å². The second kappa shape index (κ2) is 6.01. The molecular weight excluding hydrogens is 264 g/mol. The fourth-order valence-corrected chi connectivity index (χ4v) is 1.43. The molecule has 0 saturated carbocycles. The summed E-state index contributed by atoms with van der Waals surface area (Å²) in [5, 5.41) is 8.19.